The van der Waals surface area contributed by atoms with Gasteiger partial charge in [0.1, 0.15) is 6.04 Å². The third kappa shape index (κ3) is 4.15. The van der Waals surface area contributed by atoms with E-state index in [1.807, 2.05) is 19.0 Å². The average molecular weight is 259 g/mol. The summed E-state index contributed by atoms with van der Waals surface area (Å²) in [6.45, 7) is 1.43. The van der Waals surface area contributed by atoms with Crippen LogP contribution in [-0.4, -0.2) is 77.9 Å². The number of likely N-dealkylation sites (tertiary alicyclic amines) is 1. The number of nitrogens with zero attached hydrogens (tertiary/aromatic N) is 2. The van der Waals surface area contributed by atoms with E-state index in [-0.39, 0.29) is 13.0 Å². The van der Waals surface area contributed by atoms with E-state index < -0.39 is 24.1 Å². The van der Waals surface area contributed by atoms with Gasteiger partial charge in [0.25, 0.3) is 0 Å². The molecule has 1 saturated heterocycles. The van der Waals surface area contributed by atoms with Gasteiger partial charge in [-0.25, -0.2) is 9.59 Å². The van der Waals surface area contributed by atoms with E-state index in [4.69, 9.17) is 5.11 Å². The quantitative estimate of drug-likeness (QED) is 0.560. The van der Waals surface area contributed by atoms with Crippen LogP contribution < -0.4 is 5.32 Å². The number of aliphatic hydroxyl groups is 1. The molecule has 7 heteroatoms. The fourth-order valence-corrected chi connectivity index (χ4v) is 1.96. The van der Waals surface area contributed by atoms with Crippen molar-refractivity contribution in [3.05, 3.63) is 0 Å². The summed E-state index contributed by atoms with van der Waals surface area (Å²) in [5.41, 5.74) is 0. The highest BCUT2D eigenvalue weighted by molar-refractivity contribution is 5.83. The summed E-state index contributed by atoms with van der Waals surface area (Å²) >= 11 is 0. The molecule has 0 radical (unpaired) electrons. The Hall–Kier alpha value is -1.34. The number of hydrogen-bond donors (Lipinski definition) is 3. The van der Waals surface area contributed by atoms with Crippen molar-refractivity contribution in [1.29, 1.82) is 0 Å². The first-order chi connectivity index (χ1) is 8.41. The molecular weight excluding hydrogens is 238 g/mol. The monoisotopic (exact) mass is 259 g/mol. The van der Waals surface area contributed by atoms with Crippen molar-refractivity contribution < 1.29 is 19.8 Å². The van der Waals surface area contributed by atoms with E-state index >= 15 is 0 Å². The topological polar surface area (TPSA) is 93.1 Å². The fraction of sp³-hybridized carbons (Fsp3) is 0.818. The molecule has 0 aromatic heterocycles. The molecular formula is C11H21N3O4. The van der Waals surface area contributed by atoms with Gasteiger partial charge in [0.2, 0.25) is 0 Å². The maximum atomic E-state index is 11.8. The molecule has 1 aliphatic heterocycles. The summed E-state index contributed by atoms with van der Waals surface area (Å²) in [6.07, 6.45) is 0.145. The molecule has 0 aliphatic carbocycles. The number of aliphatic carboxylic acids is 1. The molecule has 1 fully saturated rings. The molecule has 1 unspecified atom stereocenters. The number of hydrogen-bond acceptors (Lipinski definition) is 4. The van der Waals surface area contributed by atoms with Crippen LogP contribution in [0.25, 0.3) is 0 Å². The van der Waals surface area contributed by atoms with Crippen LogP contribution in [0.1, 0.15) is 12.8 Å². The minimum absolute atomic E-state index is 0.0798. The molecule has 2 amide bonds. The van der Waals surface area contributed by atoms with E-state index in [9.17, 15) is 14.7 Å². The van der Waals surface area contributed by atoms with Crippen molar-refractivity contribution in [2.75, 3.05) is 33.7 Å². The standard InChI is InChI=1S/C11H21N3O4/c1-13(2)5-3-4-12-11(18)14-7-8(15)6-9(14)10(16)17/h8-9,15H,3-7H2,1-2H3,(H,12,18)(H,16,17)/t8?,9-/m0/s1. The second kappa shape index (κ2) is 6.55. The van der Waals surface area contributed by atoms with Crippen molar-refractivity contribution in [2.45, 2.75) is 25.0 Å². The Morgan fingerprint density at radius 3 is 2.67 bits per heavy atom. The molecule has 0 aromatic carbocycles. The summed E-state index contributed by atoms with van der Waals surface area (Å²) < 4.78 is 0. The number of rotatable bonds is 5. The molecule has 18 heavy (non-hydrogen) atoms. The minimum Gasteiger partial charge on any atom is -0.480 e. The molecule has 1 aliphatic rings. The number of amides is 2. The summed E-state index contributed by atoms with van der Waals surface area (Å²) in [5.74, 6) is -1.07. The minimum atomic E-state index is -1.07. The number of carboxylic acid groups (broad SMARTS) is 1. The zero-order valence-corrected chi connectivity index (χ0v) is 10.8. The van der Waals surface area contributed by atoms with Crippen LogP contribution in [0.15, 0.2) is 0 Å². The van der Waals surface area contributed by atoms with Crippen LogP contribution in [0.2, 0.25) is 0 Å². The first kappa shape index (κ1) is 14.7. The molecule has 1 rings (SSSR count). The van der Waals surface area contributed by atoms with Gasteiger partial charge in [-0.2, -0.15) is 0 Å². The van der Waals surface area contributed by atoms with E-state index in [1.54, 1.807) is 0 Å². The third-order valence-electron chi connectivity index (χ3n) is 2.88. The van der Waals surface area contributed by atoms with Crippen molar-refractivity contribution >= 4 is 12.0 Å². The predicted octanol–water partition coefficient (Wildman–Crippen LogP) is -0.832. The molecule has 3 N–H and O–H groups in total. The number of urea groups is 1. The highest BCUT2D eigenvalue weighted by Crippen LogP contribution is 2.17. The Kier molecular flexibility index (Phi) is 5.36. The lowest BCUT2D eigenvalue weighted by Gasteiger charge is -2.21. The van der Waals surface area contributed by atoms with Crippen LogP contribution in [0.5, 0.6) is 0 Å². The summed E-state index contributed by atoms with van der Waals surface area (Å²) in [6, 6.07) is -1.34. The maximum absolute atomic E-state index is 11.8. The summed E-state index contributed by atoms with van der Waals surface area (Å²) in [7, 11) is 3.89. The van der Waals surface area contributed by atoms with Gasteiger partial charge in [-0.15, -0.1) is 0 Å². The Morgan fingerprint density at radius 2 is 2.11 bits per heavy atom. The number of aliphatic hydroxyl groups excluding tert-OH is 1. The smallest absolute Gasteiger partial charge is 0.326 e. The largest absolute Gasteiger partial charge is 0.480 e. The molecule has 0 spiro atoms. The van der Waals surface area contributed by atoms with E-state index in [2.05, 4.69) is 5.32 Å². The van der Waals surface area contributed by atoms with E-state index in [1.165, 1.54) is 4.90 Å². The molecule has 2 atom stereocenters. The number of carbonyl (C=O) groups is 2. The first-order valence-electron chi connectivity index (χ1n) is 6.02. The SMILES string of the molecule is CN(C)CCCNC(=O)N1CC(O)C[C@H]1C(=O)O. The zero-order valence-electron chi connectivity index (χ0n) is 10.8. The Labute approximate surface area is 106 Å². The van der Waals surface area contributed by atoms with Gasteiger partial charge < -0.3 is 25.3 Å². The lowest BCUT2D eigenvalue weighted by atomic mass is 10.2. The normalized spacial score (nSPS) is 23.4. The van der Waals surface area contributed by atoms with E-state index in [0.717, 1.165) is 13.0 Å². The van der Waals surface area contributed by atoms with Gasteiger partial charge in [0.15, 0.2) is 0 Å². The molecule has 7 nitrogen and oxygen atoms in total. The maximum Gasteiger partial charge on any atom is 0.326 e. The lowest BCUT2D eigenvalue weighted by Crippen LogP contribution is -2.46. The number of carbonyl (C=O) groups excluding carboxylic acids is 1. The van der Waals surface area contributed by atoms with Crippen molar-refractivity contribution in [3.63, 3.8) is 0 Å². The Bertz CT molecular complexity index is 309. The molecule has 1 heterocycles. The highest BCUT2D eigenvalue weighted by Gasteiger charge is 2.38. The highest BCUT2D eigenvalue weighted by atomic mass is 16.4. The Balaban J connectivity index is 2.38. The molecule has 0 aromatic rings. The number of carboxylic acids is 1. The first-order valence-corrected chi connectivity index (χ1v) is 6.02. The van der Waals surface area contributed by atoms with Crippen LogP contribution in [0, 0.1) is 0 Å². The van der Waals surface area contributed by atoms with Gasteiger partial charge in [-0.1, -0.05) is 0 Å². The molecule has 0 bridgehead atoms. The number of β-amino-alcohol motifs (C(OH)–C–C–N with tert-alkyl or cyclic N) is 1. The van der Waals surface area contributed by atoms with Crippen molar-refractivity contribution in [3.8, 4) is 0 Å². The van der Waals surface area contributed by atoms with Crippen molar-refractivity contribution in [1.82, 2.24) is 15.1 Å². The van der Waals surface area contributed by atoms with Crippen LogP contribution in [0.4, 0.5) is 4.79 Å². The summed E-state index contributed by atoms with van der Waals surface area (Å²) in [4.78, 5) is 25.9. The van der Waals surface area contributed by atoms with Gasteiger partial charge in [0, 0.05) is 19.5 Å². The second-order valence-electron chi connectivity index (χ2n) is 4.78. The third-order valence-corrected chi connectivity index (χ3v) is 2.88. The molecule has 0 saturated carbocycles. The zero-order chi connectivity index (χ0) is 13.7. The van der Waals surface area contributed by atoms with Crippen molar-refractivity contribution in [2.24, 2.45) is 0 Å². The number of nitrogens with one attached hydrogen (secondary N) is 1. The van der Waals surface area contributed by atoms with Gasteiger partial charge in [-0.3, -0.25) is 0 Å². The van der Waals surface area contributed by atoms with Gasteiger partial charge in [0.05, 0.1) is 6.10 Å². The Morgan fingerprint density at radius 1 is 1.44 bits per heavy atom. The fourth-order valence-electron chi connectivity index (χ4n) is 1.96. The summed E-state index contributed by atoms with van der Waals surface area (Å²) in [5, 5.41) is 21.0. The predicted molar refractivity (Wildman–Crippen MR) is 65.3 cm³/mol. The van der Waals surface area contributed by atoms with Crippen LogP contribution in [0.3, 0.4) is 0 Å². The van der Waals surface area contributed by atoms with Gasteiger partial charge in [-0.05, 0) is 27.1 Å². The lowest BCUT2D eigenvalue weighted by molar-refractivity contribution is -0.141. The van der Waals surface area contributed by atoms with Gasteiger partial charge >= 0.3 is 12.0 Å². The second-order valence-corrected chi connectivity index (χ2v) is 4.78. The van der Waals surface area contributed by atoms with E-state index in [0.29, 0.717) is 6.54 Å². The average Bonchev–Trinajstić information content (AvgIpc) is 2.66. The van der Waals surface area contributed by atoms with Crippen LogP contribution in [-0.2, 0) is 4.79 Å². The van der Waals surface area contributed by atoms with Crippen LogP contribution >= 0.6 is 0 Å². The molecule has 104 valence electrons.